The maximum Gasteiger partial charge on any atom is 0.312 e. The highest BCUT2D eigenvalue weighted by Crippen LogP contribution is 2.34. The van der Waals surface area contributed by atoms with Crippen LogP contribution in [0.25, 0.3) is 11.2 Å². The van der Waals surface area contributed by atoms with Crippen LogP contribution in [0.15, 0.2) is 6.33 Å². The van der Waals surface area contributed by atoms with Crippen molar-refractivity contribution in [3.05, 3.63) is 12.4 Å². The lowest BCUT2D eigenvalue weighted by Crippen LogP contribution is -2.29. The van der Waals surface area contributed by atoms with E-state index in [2.05, 4.69) is 15.0 Å². The number of nitrogen functional groups attached to an aromatic ring is 1. The molecule has 0 spiro atoms. The lowest BCUT2D eigenvalue weighted by Gasteiger charge is -2.16. The first-order valence-electron chi connectivity index (χ1n) is 6.12. The predicted octanol–water partition coefficient (Wildman–Crippen LogP) is -1.39. The first kappa shape index (κ1) is 13.8. The topological polar surface area (TPSA) is 136 Å². The van der Waals surface area contributed by atoms with Gasteiger partial charge in [-0.1, -0.05) is 0 Å². The van der Waals surface area contributed by atoms with Gasteiger partial charge in [0.25, 0.3) is 0 Å². The molecular weight excluding hydrogens is 285 g/mol. The molecule has 0 amide bonds. The Hall–Kier alpha value is -2.17. The van der Waals surface area contributed by atoms with E-state index in [1.807, 2.05) is 0 Å². The molecule has 3 rings (SSSR count). The normalized spacial score (nSPS) is 29.1. The number of halogens is 1. The molecule has 0 radical (unpaired) electrons. The molecule has 2 aromatic rings. The van der Waals surface area contributed by atoms with E-state index in [4.69, 9.17) is 10.5 Å². The summed E-state index contributed by atoms with van der Waals surface area (Å²) >= 11 is 0. The van der Waals surface area contributed by atoms with E-state index < -0.39 is 37.0 Å². The molecule has 112 valence electrons. The second kappa shape index (κ2) is 4.98. The zero-order valence-electron chi connectivity index (χ0n) is 10.6. The fourth-order valence-corrected chi connectivity index (χ4v) is 2.42. The Labute approximate surface area is 117 Å². The molecular formula is C11H12FN5O4. The van der Waals surface area contributed by atoms with Gasteiger partial charge >= 0.3 is 6.08 Å². The SMILES string of the molecule is Nc1nc(F)nc2c1ncn2[C@@H]1O[C@H](CO)[C@@H](C=O)[C@H]1O. The number of ether oxygens (including phenoxy) is 1. The fourth-order valence-electron chi connectivity index (χ4n) is 2.42. The van der Waals surface area contributed by atoms with Crippen molar-refractivity contribution < 1.29 is 24.1 Å². The summed E-state index contributed by atoms with van der Waals surface area (Å²) < 4.78 is 20.0. The number of anilines is 1. The number of hydrogen-bond acceptors (Lipinski definition) is 8. The Balaban J connectivity index is 2.07. The first-order chi connectivity index (χ1) is 10.1. The Morgan fingerprint density at radius 1 is 1.52 bits per heavy atom. The maximum atomic E-state index is 13.3. The van der Waals surface area contributed by atoms with Crippen LogP contribution in [0, 0.1) is 12.0 Å². The minimum atomic E-state index is -1.23. The Bertz CT molecular complexity index is 693. The van der Waals surface area contributed by atoms with Crippen molar-refractivity contribution in [3.63, 3.8) is 0 Å². The number of rotatable bonds is 3. The molecule has 21 heavy (non-hydrogen) atoms. The molecule has 4 atom stereocenters. The van der Waals surface area contributed by atoms with Crippen LogP contribution in [0.5, 0.6) is 0 Å². The quantitative estimate of drug-likeness (QED) is 0.465. The number of carbonyl (C=O) groups excluding carboxylic acids is 1. The second-order valence-electron chi connectivity index (χ2n) is 4.65. The van der Waals surface area contributed by atoms with Crippen LogP contribution >= 0.6 is 0 Å². The Morgan fingerprint density at radius 3 is 2.90 bits per heavy atom. The van der Waals surface area contributed by atoms with Gasteiger partial charge in [0.2, 0.25) is 0 Å². The van der Waals surface area contributed by atoms with Crippen LogP contribution in [0.4, 0.5) is 10.2 Å². The molecule has 0 unspecified atom stereocenters. The molecule has 10 heteroatoms. The average molecular weight is 297 g/mol. The van der Waals surface area contributed by atoms with Gasteiger partial charge in [0.05, 0.1) is 25.0 Å². The van der Waals surface area contributed by atoms with E-state index in [0.717, 1.165) is 0 Å². The summed E-state index contributed by atoms with van der Waals surface area (Å²) in [6.45, 7) is -0.435. The summed E-state index contributed by atoms with van der Waals surface area (Å²) in [4.78, 5) is 21.9. The number of nitrogens with two attached hydrogens (primary N) is 1. The highest BCUT2D eigenvalue weighted by atomic mass is 19.1. The van der Waals surface area contributed by atoms with Crippen LogP contribution in [0.1, 0.15) is 6.23 Å². The van der Waals surface area contributed by atoms with Crippen LogP contribution in [-0.2, 0) is 9.53 Å². The molecule has 0 aromatic carbocycles. The second-order valence-corrected chi connectivity index (χ2v) is 4.65. The number of nitrogens with zero attached hydrogens (tertiary/aromatic N) is 4. The summed E-state index contributed by atoms with van der Waals surface area (Å²) in [6.07, 6.45) is -2.39. The minimum Gasteiger partial charge on any atom is -0.394 e. The van der Waals surface area contributed by atoms with Crippen LogP contribution < -0.4 is 5.73 Å². The van der Waals surface area contributed by atoms with Gasteiger partial charge in [-0.3, -0.25) is 4.57 Å². The third-order valence-electron chi connectivity index (χ3n) is 3.46. The lowest BCUT2D eigenvalue weighted by molar-refractivity contribution is -0.115. The molecule has 1 saturated heterocycles. The number of aliphatic hydroxyl groups is 2. The molecule has 0 bridgehead atoms. The number of imidazole rings is 1. The van der Waals surface area contributed by atoms with Gasteiger partial charge in [0.1, 0.15) is 12.4 Å². The minimum absolute atomic E-state index is 0.0345. The van der Waals surface area contributed by atoms with Gasteiger partial charge in [-0.15, -0.1) is 0 Å². The van der Waals surface area contributed by atoms with Crippen molar-refractivity contribution in [1.29, 1.82) is 0 Å². The van der Waals surface area contributed by atoms with Crippen LogP contribution in [-0.4, -0.2) is 54.8 Å². The summed E-state index contributed by atoms with van der Waals surface area (Å²) in [5.41, 5.74) is 5.73. The van der Waals surface area contributed by atoms with E-state index in [1.165, 1.54) is 10.9 Å². The molecule has 1 aliphatic heterocycles. The molecule has 9 nitrogen and oxygen atoms in total. The third-order valence-corrected chi connectivity index (χ3v) is 3.46. The van der Waals surface area contributed by atoms with Crippen molar-refractivity contribution in [2.24, 2.45) is 5.92 Å². The van der Waals surface area contributed by atoms with E-state index >= 15 is 0 Å². The largest absolute Gasteiger partial charge is 0.394 e. The number of aldehydes is 1. The standard InChI is InChI=1S/C11H12FN5O4/c12-11-15-8(13)6-9(16-11)17(3-14-6)10-7(20)4(1-18)5(2-19)21-10/h1,3-5,7,10,19-20H,2H2,(H2,13,15,16)/t4-,5-,7-,10-/m1/s1. The molecule has 2 aromatic heterocycles. The third kappa shape index (κ3) is 2.04. The molecule has 0 aliphatic carbocycles. The zero-order chi connectivity index (χ0) is 15.1. The maximum absolute atomic E-state index is 13.3. The van der Waals surface area contributed by atoms with Crippen molar-refractivity contribution in [1.82, 2.24) is 19.5 Å². The number of fused-ring (bicyclic) bond motifs is 1. The monoisotopic (exact) mass is 297 g/mol. The molecule has 4 N–H and O–H groups in total. The van der Waals surface area contributed by atoms with Gasteiger partial charge in [0, 0.05) is 0 Å². The van der Waals surface area contributed by atoms with Crippen LogP contribution in [0.2, 0.25) is 0 Å². The van der Waals surface area contributed by atoms with E-state index in [0.29, 0.717) is 6.29 Å². The van der Waals surface area contributed by atoms with Gasteiger partial charge in [-0.25, -0.2) is 4.98 Å². The number of aromatic nitrogens is 4. The lowest BCUT2D eigenvalue weighted by atomic mass is 10.0. The van der Waals surface area contributed by atoms with Gasteiger partial charge in [-0.05, 0) is 0 Å². The van der Waals surface area contributed by atoms with Gasteiger partial charge in [-0.2, -0.15) is 14.4 Å². The molecule has 3 heterocycles. The summed E-state index contributed by atoms with van der Waals surface area (Å²) in [6, 6.07) is 0. The highest BCUT2D eigenvalue weighted by molar-refractivity contribution is 5.81. The number of carbonyl (C=O) groups is 1. The van der Waals surface area contributed by atoms with Gasteiger partial charge in [0.15, 0.2) is 23.2 Å². The number of aliphatic hydroxyl groups excluding tert-OH is 2. The number of hydrogen-bond donors (Lipinski definition) is 3. The fraction of sp³-hybridized carbons (Fsp3) is 0.455. The molecule has 1 aliphatic rings. The molecule has 1 fully saturated rings. The van der Waals surface area contributed by atoms with Crippen LogP contribution in [0.3, 0.4) is 0 Å². The summed E-state index contributed by atoms with van der Waals surface area (Å²) in [7, 11) is 0. The Kier molecular flexibility index (Phi) is 3.27. The summed E-state index contributed by atoms with van der Waals surface area (Å²) in [5.74, 6) is -1.05. The van der Waals surface area contributed by atoms with E-state index in [-0.39, 0.29) is 17.0 Å². The first-order valence-corrected chi connectivity index (χ1v) is 6.12. The smallest absolute Gasteiger partial charge is 0.312 e. The zero-order valence-corrected chi connectivity index (χ0v) is 10.6. The summed E-state index contributed by atoms with van der Waals surface area (Å²) in [5, 5.41) is 19.3. The van der Waals surface area contributed by atoms with E-state index in [9.17, 15) is 19.4 Å². The Morgan fingerprint density at radius 2 is 2.29 bits per heavy atom. The van der Waals surface area contributed by atoms with Crippen molar-refractivity contribution in [2.75, 3.05) is 12.3 Å². The molecule has 0 saturated carbocycles. The van der Waals surface area contributed by atoms with E-state index in [1.54, 1.807) is 0 Å². The average Bonchev–Trinajstić information content (AvgIpc) is 2.99. The van der Waals surface area contributed by atoms with Crippen molar-refractivity contribution in [3.8, 4) is 0 Å². The predicted molar refractivity (Wildman–Crippen MR) is 66.3 cm³/mol. The highest BCUT2D eigenvalue weighted by Gasteiger charge is 2.44. The van der Waals surface area contributed by atoms with Crippen molar-refractivity contribution >= 4 is 23.3 Å². The van der Waals surface area contributed by atoms with Gasteiger partial charge < -0.3 is 25.5 Å². The van der Waals surface area contributed by atoms with Crippen molar-refractivity contribution in [2.45, 2.75) is 18.4 Å².